The molecule has 4 aliphatic carbocycles. The van der Waals surface area contributed by atoms with Gasteiger partial charge in [-0.25, -0.2) is 0 Å². The van der Waals surface area contributed by atoms with Gasteiger partial charge in [0, 0.05) is 23.4 Å². The third kappa shape index (κ3) is 4.76. The first-order chi connectivity index (χ1) is 12.9. The molecule has 0 spiro atoms. The zero-order chi connectivity index (χ0) is 19.6. The first-order valence-electron chi connectivity index (χ1n) is 9.81. The SMILES string of the molecule is COc1cc(C=NC(C)C)c(O)c(C23CC4CC(CC(C4)C2)C3)c1.[Cl][Zr][Cl]. The molecule has 4 aliphatic rings. The number of phenolic OH excluding ortho intramolecular Hbond substituents is 1. The van der Waals surface area contributed by atoms with E-state index in [4.69, 9.17) is 21.8 Å². The van der Waals surface area contributed by atoms with Crippen LogP contribution < -0.4 is 4.74 Å². The summed E-state index contributed by atoms with van der Waals surface area (Å²) in [5.74, 6) is 3.84. The summed E-state index contributed by atoms with van der Waals surface area (Å²) in [6, 6.07) is 4.22. The second kappa shape index (κ2) is 9.18. The van der Waals surface area contributed by atoms with Gasteiger partial charge in [0.2, 0.25) is 0 Å². The predicted octanol–water partition coefficient (Wildman–Crippen LogP) is 6.07. The van der Waals surface area contributed by atoms with Gasteiger partial charge in [0.25, 0.3) is 0 Å². The number of phenols is 1. The molecule has 0 amide bonds. The number of halogens is 2. The first-order valence-corrected chi connectivity index (χ1v) is 16.1. The van der Waals surface area contributed by atoms with Crippen molar-refractivity contribution >= 4 is 23.2 Å². The van der Waals surface area contributed by atoms with Crippen LogP contribution in [0.4, 0.5) is 0 Å². The Kier molecular flexibility index (Phi) is 7.36. The summed E-state index contributed by atoms with van der Waals surface area (Å²) in [5, 5.41) is 11.0. The topological polar surface area (TPSA) is 41.8 Å². The number of aliphatic imine (C=N–C) groups is 1. The number of nitrogens with zero attached hydrogens (tertiary/aromatic N) is 1. The molecule has 0 heterocycles. The van der Waals surface area contributed by atoms with Gasteiger partial charge in [-0.2, -0.15) is 0 Å². The van der Waals surface area contributed by atoms with Crippen LogP contribution in [0.1, 0.15) is 63.5 Å². The maximum absolute atomic E-state index is 11.0. The Balaban J connectivity index is 0.000000659. The van der Waals surface area contributed by atoms with E-state index in [0.29, 0.717) is 5.75 Å². The van der Waals surface area contributed by atoms with Crippen molar-refractivity contribution in [1.82, 2.24) is 0 Å². The van der Waals surface area contributed by atoms with Gasteiger partial charge in [0.05, 0.1) is 7.11 Å². The van der Waals surface area contributed by atoms with Crippen LogP contribution in [-0.4, -0.2) is 24.5 Å². The molecule has 1 N–H and O–H groups in total. The molecule has 4 saturated carbocycles. The average Bonchev–Trinajstić information content (AvgIpc) is 2.60. The molecule has 0 aliphatic heterocycles. The van der Waals surface area contributed by atoms with Crippen molar-refractivity contribution in [3.8, 4) is 11.5 Å². The van der Waals surface area contributed by atoms with E-state index in [9.17, 15) is 5.11 Å². The van der Waals surface area contributed by atoms with Crippen molar-refractivity contribution in [2.24, 2.45) is 22.7 Å². The quantitative estimate of drug-likeness (QED) is 0.522. The Hall–Kier alpha value is -0.0469. The predicted molar refractivity (Wildman–Crippen MR) is 109 cm³/mol. The molecule has 3 nitrogen and oxygen atoms in total. The van der Waals surface area contributed by atoms with Crippen LogP contribution in [0.3, 0.4) is 0 Å². The molecule has 0 radical (unpaired) electrons. The average molecular weight is 490 g/mol. The third-order valence-electron chi connectivity index (χ3n) is 6.47. The fraction of sp³-hybridized carbons (Fsp3) is 0.667. The number of ether oxygens (including phenoxy) is 1. The standard InChI is InChI=1S/C21H29NO2.2ClH.Zr/c1-13(2)22-12-17-7-18(24-3)8-19(20(17)23)21-9-14-4-15(10-21)6-16(5-14)11-21;;;/h7-8,12-16,23H,4-6,9-11H2,1-3H3;2*1H;/q;;;+2/p-2. The minimum absolute atomic E-state index is 0.161. The molecule has 0 unspecified atom stereocenters. The normalized spacial score (nSPS) is 31.1. The van der Waals surface area contributed by atoms with Crippen molar-refractivity contribution in [2.45, 2.75) is 63.8 Å². The van der Waals surface area contributed by atoms with E-state index >= 15 is 0 Å². The number of benzene rings is 1. The van der Waals surface area contributed by atoms with E-state index in [1.54, 1.807) is 7.11 Å². The molecule has 148 valence electrons. The Morgan fingerprint density at radius 2 is 1.67 bits per heavy atom. The molecule has 4 bridgehead atoms. The van der Waals surface area contributed by atoms with Crippen LogP contribution in [-0.2, 0) is 26.3 Å². The van der Waals surface area contributed by atoms with Crippen LogP contribution in [0.15, 0.2) is 17.1 Å². The molecule has 0 aromatic heterocycles. The number of methoxy groups -OCH3 is 1. The van der Waals surface area contributed by atoms with Gasteiger partial charge in [-0.3, -0.25) is 4.99 Å². The Morgan fingerprint density at radius 1 is 1.15 bits per heavy atom. The summed E-state index contributed by atoms with van der Waals surface area (Å²) in [4.78, 5) is 4.48. The van der Waals surface area contributed by atoms with Gasteiger partial charge in [-0.15, -0.1) is 0 Å². The zero-order valence-electron chi connectivity index (χ0n) is 16.3. The van der Waals surface area contributed by atoms with Gasteiger partial charge >= 0.3 is 37.9 Å². The van der Waals surface area contributed by atoms with Gasteiger partial charge in [0.15, 0.2) is 0 Å². The van der Waals surface area contributed by atoms with Crippen LogP contribution >= 0.6 is 17.0 Å². The summed E-state index contributed by atoms with van der Waals surface area (Å²) in [5.41, 5.74) is 2.08. The van der Waals surface area contributed by atoms with Crippen LogP contribution in [0.25, 0.3) is 0 Å². The summed E-state index contributed by atoms with van der Waals surface area (Å²) in [6.45, 7) is 4.10. The monoisotopic (exact) mass is 487 g/mol. The van der Waals surface area contributed by atoms with Gasteiger partial charge in [-0.1, -0.05) is 0 Å². The molecule has 4 fully saturated rings. The van der Waals surface area contributed by atoms with Crippen molar-refractivity contribution < 1.29 is 30.7 Å². The maximum atomic E-state index is 11.0. The van der Waals surface area contributed by atoms with Crippen molar-refractivity contribution in [2.75, 3.05) is 7.11 Å². The summed E-state index contributed by atoms with van der Waals surface area (Å²) in [6.07, 6.45) is 9.75. The molecule has 1 aromatic rings. The van der Waals surface area contributed by atoms with E-state index in [1.807, 2.05) is 26.1 Å². The van der Waals surface area contributed by atoms with Crippen LogP contribution in [0, 0.1) is 17.8 Å². The molecule has 0 atom stereocenters. The second-order valence-corrected chi connectivity index (χ2v) is 12.5. The zero-order valence-corrected chi connectivity index (χ0v) is 20.3. The Labute approximate surface area is 181 Å². The molecule has 0 saturated heterocycles. The van der Waals surface area contributed by atoms with Gasteiger partial charge in [0.1, 0.15) is 11.5 Å². The summed E-state index contributed by atoms with van der Waals surface area (Å²) < 4.78 is 5.55. The van der Waals surface area contributed by atoms with E-state index in [-0.39, 0.29) is 11.5 Å². The number of aromatic hydroxyl groups is 1. The van der Waals surface area contributed by atoms with E-state index in [0.717, 1.165) is 34.6 Å². The molecular formula is C21H29Cl2NO2Zr. The Morgan fingerprint density at radius 3 is 2.11 bits per heavy atom. The van der Waals surface area contributed by atoms with Gasteiger partial charge < -0.3 is 9.84 Å². The van der Waals surface area contributed by atoms with Crippen molar-refractivity contribution in [3.05, 3.63) is 23.3 Å². The van der Waals surface area contributed by atoms with Crippen LogP contribution in [0.5, 0.6) is 11.5 Å². The van der Waals surface area contributed by atoms with Crippen molar-refractivity contribution in [3.63, 3.8) is 0 Å². The van der Waals surface area contributed by atoms with Gasteiger partial charge in [-0.05, 0) is 87.7 Å². The minimum atomic E-state index is -0.826. The molecule has 6 heteroatoms. The molecule has 5 rings (SSSR count). The van der Waals surface area contributed by atoms with E-state index in [2.05, 4.69) is 11.1 Å². The van der Waals surface area contributed by atoms with Crippen molar-refractivity contribution in [1.29, 1.82) is 0 Å². The third-order valence-corrected chi connectivity index (χ3v) is 6.47. The molecule has 1 aromatic carbocycles. The first kappa shape index (κ1) is 21.7. The summed E-state index contributed by atoms with van der Waals surface area (Å²) >= 11 is -0.826. The number of rotatable bonds is 4. The number of hydrogen-bond donors (Lipinski definition) is 1. The van der Waals surface area contributed by atoms with Crippen LogP contribution in [0.2, 0.25) is 0 Å². The van der Waals surface area contributed by atoms with E-state index in [1.165, 1.54) is 38.5 Å². The molecule has 27 heavy (non-hydrogen) atoms. The fourth-order valence-electron chi connectivity index (χ4n) is 5.92. The Bertz CT molecular complexity index is 658. The second-order valence-electron chi connectivity index (χ2n) is 8.75. The van der Waals surface area contributed by atoms with E-state index < -0.39 is 20.8 Å². The molecular weight excluding hydrogens is 460 g/mol. The summed E-state index contributed by atoms with van der Waals surface area (Å²) in [7, 11) is 11.6. The fourth-order valence-corrected chi connectivity index (χ4v) is 5.92. The number of hydrogen-bond acceptors (Lipinski definition) is 3.